The van der Waals surface area contributed by atoms with Crippen molar-refractivity contribution in [2.75, 3.05) is 104 Å². The molecule has 0 aromatic heterocycles. The Morgan fingerprint density at radius 2 is 0.845 bits per heavy atom. The Balaban J connectivity index is 4.20. The summed E-state index contributed by atoms with van der Waals surface area (Å²) >= 11 is 0.905. The summed E-state index contributed by atoms with van der Waals surface area (Å²) in [4.78, 5) is 131. The lowest BCUT2D eigenvalue weighted by molar-refractivity contribution is -0.129. The largest absolute Gasteiger partial charge is 0.377 e. The third-order valence-electron chi connectivity index (χ3n) is 9.80. The number of primary amides is 2. The molecule has 25 nitrogen and oxygen atoms in total. The Morgan fingerprint density at radius 3 is 1.31 bits per heavy atom. The molecule has 0 aromatic rings. The SMILES string of the molecule is CC(=O)CN[C@@H](CCCCNC(=O)COCCOCCNC(=O)COCCOCCNC(=O)CCCC(=O)N[C@@H](CCCCNC(=O)CSC(C)=O)C(=O)NCCCC[C@H](NCC(C)=O)C(N)=O)C(N)=O. The van der Waals surface area contributed by atoms with Gasteiger partial charge >= 0.3 is 0 Å². The van der Waals surface area contributed by atoms with E-state index in [0.29, 0.717) is 64.5 Å². The van der Waals surface area contributed by atoms with E-state index in [4.69, 9.17) is 30.4 Å². The van der Waals surface area contributed by atoms with Crippen LogP contribution in [0.15, 0.2) is 0 Å². The fraction of sp³-hybridized carbons (Fsp3) is 0.756. The lowest BCUT2D eigenvalue weighted by Crippen LogP contribution is -2.47. The molecule has 0 aliphatic carbocycles. The summed E-state index contributed by atoms with van der Waals surface area (Å²) in [5, 5.41) is 21.8. The third-order valence-corrected chi connectivity index (χ3v) is 10.6. The molecule has 0 fully saturated rings. The van der Waals surface area contributed by atoms with Gasteiger partial charge in [0.25, 0.3) is 0 Å². The quantitative estimate of drug-likeness (QED) is 0.0274. The number of nitrogens with one attached hydrogen (secondary N) is 8. The van der Waals surface area contributed by atoms with Crippen molar-refractivity contribution in [3.8, 4) is 0 Å². The first-order valence-electron chi connectivity index (χ1n) is 24.0. The zero-order valence-electron chi connectivity index (χ0n) is 41.7. The standard InChI is InChI=1S/C45H80N10O15S/c1-32(56)27-53-35(43(46)64)11-4-7-16-48-40(61)29-69-25-24-68-22-20-51-41(62)30-70-26-23-67-21-19-50-38(59)14-10-15-39(60)55-37(13-6-8-17-49-42(63)31-71-34(3)58)45(66)52-18-9-5-12-36(44(47)65)54-28-33(2)57/h35-37,53-54H,4-31H2,1-3H3,(H2,46,64)(H2,47,65)(H,48,61)(H,49,63)(H,50,59)(H,51,62)(H,52,66)(H,55,60)/t35-,36-,37-/m0/s1. The van der Waals surface area contributed by atoms with E-state index in [-0.39, 0.29) is 157 Å². The number of ether oxygens (including phenoxy) is 4. The first kappa shape index (κ1) is 65.9. The molecule has 0 saturated heterocycles. The van der Waals surface area contributed by atoms with Crippen molar-refractivity contribution >= 4 is 75.7 Å². The Labute approximate surface area is 420 Å². The van der Waals surface area contributed by atoms with Gasteiger partial charge in [0.1, 0.15) is 30.8 Å². The Morgan fingerprint density at radius 1 is 0.437 bits per heavy atom. The van der Waals surface area contributed by atoms with Crippen molar-refractivity contribution in [1.82, 2.24) is 42.5 Å². The van der Waals surface area contributed by atoms with Gasteiger partial charge in [0.2, 0.25) is 47.3 Å². The molecule has 0 unspecified atom stereocenters. The number of hydrogen-bond donors (Lipinski definition) is 10. The van der Waals surface area contributed by atoms with Crippen molar-refractivity contribution in [2.24, 2.45) is 11.5 Å². The lowest BCUT2D eigenvalue weighted by atomic mass is 10.1. The minimum absolute atomic E-state index is 0.00865. The summed E-state index contributed by atoms with van der Waals surface area (Å²) < 4.78 is 21.4. The molecule has 0 saturated carbocycles. The average molecular weight is 1030 g/mol. The highest BCUT2D eigenvalue weighted by Crippen LogP contribution is 2.06. The fourth-order valence-corrected chi connectivity index (χ4v) is 6.52. The molecule has 12 N–H and O–H groups in total. The van der Waals surface area contributed by atoms with Gasteiger partial charge in [-0.2, -0.15) is 0 Å². The maximum Gasteiger partial charge on any atom is 0.246 e. The first-order chi connectivity index (χ1) is 33.9. The van der Waals surface area contributed by atoms with Crippen LogP contribution in [0.5, 0.6) is 0 Å². The Hall–Kier alpha value is -5.12. The zero-order chi connectivity index (χ0) is 53.1. The van der Waals surface area contributed by atoms with Crippen molar-refractivity contribution in [2.45, 2.75) is 116 Å². The van der Waals surface area contributed by atoms with E-state index in [9.17, 15) is 52.7 Å². The normalized spacial score (nSPS) is 12.2. The molecule has 0 bridgehead atoms. The van der Waals surface area contributed by atoms with E-state index in [1.807, 2.05) is 0 Å². The van der Waals surface area contributed by atoms with Crippen molar-refractivity contribution < 1.29 is 71.7 Å². The molecule has 0 aromatic carbocycles. The zero-order valence-corrected chi connectivity index (χ0v) is 42.5. The van der Waals surface area contributed by atoms with Crippen LogP contribution in [-0.2, 0) is 71.7 Å². The van der Waals surface area contributed by atoms with Crippen LogP contribution in [0.1, 0.15) is 97.8 Å². The molecular weight excluding hydrogens is 953 g/mol. The summed E-state index contributed by atoms with van der Waals surface area (Å²) in [5.74, 6) is -3.36. The summed E-state index contributed by atoms with van der Waals surface area (Å²) in [5.41, 5.74) is 10.8. The summed E-state index contributed by atoms with van der Waals surface area (Å²) in [6, 6.07) is -2.15. The molecule has 0 radical (unpaired) electrons. The van der Waals surface area contributed by atoms with Gasteiger partial charge in [-0.25, -0.2) is 0 Å². The predicted octanol–water partition coefficient (Wildman–Crippen LogP) is -2.86. The lowest BCUT2D eigenvalue weighted by Gasteiger charge is -2.19. The van der Waals surface area contributed by atoms with E-state index in [0.717, 1.165) is 11.8 Å². The monoisotopic (exact) mass is 1030 g/mol. The minimum atomic E-state index is -0.870. The molecule has 26 heteroatoms. The highest BCUT2D eigenvalue weighted by molar-refractivity contribution is 8.14. The molecule has 3 atom stereocenters. The molecule has 8 amide bonds. The topological polar surface area (TPSA) is 373 Å². The van der Waals surface area contributed by atoms with E-state index >= 15 is 0 Å². The highest BCUT2D eigenvalue weighted by Gasteiger charge is 2.21. The molecular formula is C45H80N10O15S. The van der Waals surface area contributed by atoms with Gasteiger partial charge in [0, 0.05) is 52.5 Å². The van der Waals surface area contributed by atoms with Crippen LogP contribution in [0, 0.1) is 0 Å². The van der Waals surface area contributed by atoms with Gasteiger partial charge in [-0.15, -0.1) is 0 Å². The molecule has 71 heavy (non-hydrogen) atoms. The van der Waals surface area contributed by atoms with Crippen LogP contribution in [0.4, 0.5) is 0 Å². The van der Waals surface area contributed by atoms with E-state index < -0.39 is 41.8 Å². The second kappa shape index (κ2) is 43.7. The maximum absolute atomic E-state index is 13.1. The summed E-state index contributed by atoms with van der Waals surface area (Å²) in [7, 11) is 0. The van der Waals surface area contributed by atoms with E-state index in [2.05, 4.69) is 42.5 Å². The van der Waals surface area contributed by atoms with Gasteiger partial charge in [-0.3, -0.25) is 63.4 Å². The minimum Gasteiger partial charge on any atom is -0.377 e. The van der Waals surface area contributed by atoms with Gasteiger partial charge in [0.15, 0.2) is 5.12 Å². The number of rotatable bonds is 47. The van der Waals surface area contributed by atoms with Gasteiger partial charge < -0.3 is 62.3 Å². The molecule has 0 spiro atoms. The number of carbonyl (C=O) groups excluding carboxylic acids is 11. The smallest absolute Gasteiger partial charge is 0.246 e. The number of unbranched alkanes of at least 4 members (excludes halogenated alkanes) is 3. The highest BCUT2D eigenvalue weighted by atomic mass is 32.2. The molecule has 0 rings (SSSR count). The predicted molar refractivity (Wildman–Crippen MR) is 262 cm³/mol. The van der Waals surface area contributed by atoms with E-state index in [1.54, 1.807) is 0 Å². The average Bonchev–Trinajstić information content (AvgIpc) is 3.30. The van der Waals surface area contributed by atoms with Crippen LogP contribution in [-0.4, -0.2) is 186 Å². The summed E-state index contributed by atoms with van der Waals surface area (Å²) in [6.07, 6.45) is 4.69. The Kier molecular flexibility index (Phi) is 40.5. The van der Waals surface area contributed by atoms with Crippen molar-refractivity contribution in [1.29, 1.82) is 0 Å². The number of Topliss-reactive ketones (excluding diaryl/α,β-unsaturated/α-hetero) is 2. The van der Waals surface area contributed by atoms with Crippen LogP contribution in [0.3, 0.4) is 0 Å². The number of carbonyl (C=O) groups is 11. The number of nitrogens with two attached hydrogens (primary N) is 2. The van der Waals surface area contributed by atoms with Crippen molar-refractivity contribution in [3.63, 3.8) is 0 Å². The van der Waals surface area contributed by atoms with Crippen LogP contribution in [0.2, 0.25) is 0 Å². The van der Waals surface area contributed by atoms with Gasteiger partial charge in [-0.1, -0.05) is 11.8 Å². The van der Waals surface area contributed by atoms with Crippen LogP contribution >= 0.6 is 11.8 Å². The summed E-state index contributed by atoms with van der Waals surface area (Å²) in [6.45, 7) is 6.50. The van der Waals surface area contributed by atoms with Crippen molar-refractivity contribution in [3.05, 3.63) is 0 Å². The Bertz CT molecular complexity index is 1640. The maximum atomic E-state index is 13.1. The second-order valence-corrected chi connectivity index (χ2v) is 17.5. The van der Waals surface area contributed by atoms with Crippen LogP contribution in [0.25, 0.3) is 0 Å². The third kappa shape index (κ3) is 42.3. The van der Waals surface area contributed by atoms with Gasteiger partial charge in [-0.05, 0) is 78.1 Å². The molecule has 0 aliphatic heterocycles. The van der Waals surface area contributed by atoms with Gasteiger partial charge in [0.05, 0.1) is 70.6 Å². The molecule has 406 valence electrons. The second-order valence-electron chi connectivity index (χ2n) is 16.3. The first-order valence-corrected chi connectivity index (χ1v) is 25.0. The molecule has 0 heterocycles. The van der Waals surface area contributed by atoms with E-state index in [1.165, 1.54) is 20.8 Å². The van der Waals surface area contributed by atoms with Crippen LogP contribution < -0.4 is 54.0 Å². The number of thioether (sulfide) groups is 1. The number of amides is 8. The number of ketones is 2. The fourth-order valence-electron chi connectivity index (χ4n) is 6.08. The number of hydrogen-bond acceptors (Lipinski definition) is 18. The molecule has 0 aliphatic rings.